The molecule has 1 aromatic carbocycles. The molecule has 0 amide bonds. The second kappa shape index (κ2) is 6.78. The van der Waals surface area contributed by atoms with Gasteiger partial charge in [-0.2, -0.15) is 0 Å². The van der Waals surface area contributed by atoms with Gasteiger partial charge in [0.15, 0.2) is 11.5 Å². The Labute approximate surface area is 114 Å². The summed E-state index contributed by atoms with van der Waals surface area (Å²) in [5.74, 6) is 1.76. The molecule has 3 heteroatoms. The van der Waals surface area contributed by atoms with Crippen molar-refractivity contribution < 1.29 is 9.47 Å². The summed E-state index contributed by atoms with van der Waals surface area (Å²) in [5, 5.41) is 0. The zero-order valence-electron chi connectivity index (χ0n) is 11.4. The van der Waals surface area contributed by atoms with Crippen LogP contribution in [-0.2, 0) is 0 Å². The number of nitrogens with zero attached hydrogens (tertiary/aromatic N) is 1. The van der Waals surface area contributed by atoms with E-state index in [0.717, 1.165) is 36.8 Å². The number of aromatic nitrogens is 1. The van der Waals surface area contributed by atoms with Crippen LogP contribution >= 0.6 is 0 Å². The molecule has 3 nitrogen and oxygen atoms in total. The highest BCUT2D eigenvalue weighted by molar-refractivity contribution is 5.42. The highest BCUT2D eigenvalue weighted by Gasteiger charge is 2.08. The minimum atomic E-state index is 0.760. The van der Waals surface area contributed by atoms with E-state index in [1.807, 2.05) is 43.3 Å². The second-order valence-corrected chi connectivity index (χ2v) is 4.47. The SMILES string of the molecule is Cc1ccc2c(c1)OCCCO2.Cc1ccccn1. The molecule has 1 aliphatic heterocycles. The van der Waals surface area contributed by atoms with Crippen molar-refractivity contribution in [1.29, 1.82) is 0 Å². The van der Waals surface area contributed by atoms with Gasteiger partial charge in [-0.25, -0.2) is 0 Å². The van der Waals surface area contributed by atoms with Crippen LogP contribution in [0.3, 0.4) is 0 Å². The molecule has 0 spiro atoms. The molecule has 0 saturated heterocycles. The minimum absolute atomic E-state index is 0.760. The summed E-state index contributed by atoms with van der Waals surface area (Å²) >= 11 is 0. The third-order valence-corrected chi connectivity index (χ3v) is 2.72. The molecule has 2 aromatic rings. The van der Waals surface area contributed by atoms with Gasteiger partial charge in [-0.05, 0) is 43.7 Å². The maximum Gasteiger partial charge on any atom is 0.161 e. The van der Waals surface area contributed by atoms with E-state index in [9.17, 15) is 0 Å². The summed E-state index contributed by atoms with van der Waals surface area (Å²) in [6.07, 6.45) is 2.75. The third-order valence-electron chi connectivity index (χ3n) is 2.72. The van der Waals surface area contributed by atoms with Gasteiger partial charge in [0, 0.05) is 18.3 Å². The van der Waals surface area contributed by atoms with Gasteiger partial charge in [0.2, 0.25) is 0 Å². The van der Waals surface area contributed by atoms with Crippen LogP contribution < -0.4 is 9.47 Å². The summed E-state index contributed by atoms with van der Waals surface area (Å²) in [5.41, 5.74) is 2.28. The van der Waals surface area contributed by atoms with Crippen molar-refractivity contribution in [2.75, 3.05) is 13.2 Å². The molecule has 0 bridgehead atoms. The van der Waals surface area contributed by atoms with Crippen LogP contribution in [0.15, 0.2) is 42.6 Å². The Kier molecular flexibility index (Phi) is 4.78. The number of rotatable bonds is 0. The Morgan fingerprint density at radius 1 is 0.947 bits per heavy atom. The lowest BCUT2D eigenvalue weighted by molar-refractivity contribution is 0.297. The molecular formula is C16H19NO2. The highest BCUT2D eigenvalue weighted by atomic mass is 16.5. The average molecular weight is 257 g/mol. The quantitative estimate of drug-likeness (QED) is 0.723. The first-order chi connectivity index (χ1) is 9.25. The van der Waals surface area contributed by atoms with Gasteiger partial charge in [-0.3, -0.25) is 4.98 Å². The van der Waals surface area contributed by atoms with Crippen LogP contribution in [0.1, 0.15) is 17.7 Å². The first-order valence-electron chi connectivity index (χ1n) is 6.49. The predicted molar refractivity (Wildman–Crippen MR) is 75.8 cm³/mol. The van der Waals surface area contributed by atoms with E-state index in [-0.39, 0.29) is 0 Å². The Morgan fingerprint density at radius 2 is 1.74 bits per heavy atom. The van der Waals surface area contributed by atoms with Crippen molar-refractivity contribution in [2.45, 2.75) is 20.3 Å². The molecule has 0 fully saturated rings. The molecule has 0 unspecified atom stereocenters. The van der Waals surface area contributed by atoms with Gasteiger partial charge in [0.05, 0.1) is 13.2 Å². The Hall–Kier alpha value is -2.03. The molecule has 1 aliphatic rings. The first-order valence-corrected chi connectivity index (χ1v) is 6.49. The first kappa shape index (κ1) is 13.4. The highest BCUT2D eigenvalue weighted by Crippen LogP contribution is 2.29. The lowest BCUT2D eigenvalue weighted by Gasteiger charge is -2.06. The molecule has 2 heterocycles. The van der Waals surface area contributed by atoms with Gasteiger partial charge in [0.25, 0.3) is 0 Å². The van der Waals surface area contributed by atoms with Crippen LogP contribution in [0, 0.1) is 13.8 Å². The van der Waals surface area contributed by atoms with E-state index >= 15 is 0 Å². The number of hydrogen-bond acceptors (Lipinski definition) is 3. The molecule has 19 heavy (non-hydrogen) atoms. The van der Waals surface area contributed by atoms with Crippen LogP contribution in [0.2, 0.25) is 0 Å². The number of fused-ring (bicyclic) bond motifs is 1. The summed E-state index contributed by atoms with van der Waals surface area (Å²) in [7, 11) is 0. The summed E-state index contributed by atoms with van der Waals surface area (Å²) in [4.78, 5) is 3.98. The van der Waals surface area contributed by atoms with E-state index < -0.39 is 0 Å². The van der Waals surface area contributed by atoms with Crippen molar-refractivity contribution in [3.8, 4) is 11.5 Å². The monoisotopic (exact) mass is 257 g/mol. The lowest BCUT2D eigenvalue weighted by atomic mass is 10.2. The fourth-order valence-electron chi connectivity index (χ4n) is 1.72. The number of pyridine rings is 1. The normalized spacial score (nSPS) is 12.9. The van der Waals surface area contributed by atoms with Crippen LogP contribution in [0.25, 0.3) is 0 Å². The molecule has 0 radical (unpaired) electrons. The van der Waals surface area contributed by atoms with Crippen molar-refractivity contribution in [1.82, 2.24) is 4.98 Å². The van der Waals surface area contributed by atoms with Crippen LogP contribution in [-0.4, -0.2) is 18.2 Å². The zero-order valence-corrected chi connectivity index (χ0v) is 11.4. The van der Waals surface area contributed by atoms with E-state index in [1.54, 1.807) is 6.20 Å². The standard InChI is InChI=1S/C10H12O2.C6H7N/c1-8-3-4-9-10(7-8)12-6-2-5-11-9;1-6-4-2-3-5-7-6/h3-4,7H,2,5-6H2,1H3;2-5H,1H3. The fourth-order valence-corrected chi connectivity index (χ4v) is 1.72. The van der Waals surface area contributed by atoms with E-state index in [4.69, 9.17) is 9.47 Å². The Morgan fingerprint density at radius 3 is 2.37 bits per heavy atom. The summed E-state index contributed by atoms with van der Waals surface area (Å²) in [6.45, 7) is 5.54. The maximum atomic E-state index is 5.50. The number of hydrogen-bond donors (Lipinski definition) is 0. The Balaban J connectivity index is 0.000000163. The maximum absolute atomic E-state index is 5.50. The van der Waals surface area contributed by atoms with Gasteiger partial charge < -0.3 is 9.47 Å². The predicted octanol–water partition coefficient (Wildman–Crippen LogP) is 3.55. The molecule has 0 N–H and O–H groups in total. The lowest BCUT2D eigenvalue weighted by Crippen LogP contribution is -1.97. The van der Waals surface area contributed by atoms with E-state index in [1.165, 1.54) is 5.56 Å². The third kappa shape index (κ3) is 4.28. The number of aryl methyl sites for hydroxylation is 2. The van der Waals surface area contributed by atoms with Crippen LogP contribution in [0.4, 0.5) is 0 Å². The molecule has 1 aromatic heterocycles. The second-order valence-electron chi connectivity index (χ2n) is 4.47. The van der Waals surface area contributed by atoms with Crippen molar-refractivity contribution in [2.24, 2.45) is 0 Å². The molecule has 0 saturated carbocycles. The molecule has 3 rings (SSSR count). The minimum Gasteiger partial charge on any atom is -0.490 e. The van der Waals surface area contributed by atoms with Gasteiger partial charge in [-0.1, -0.05) is 12.1 Å². The largest absolute Gasteiger partial charge is 0.490 e. The fraction of sp³-hybridized carbons (Fsp3) is 0.312. The molecular weight excluding hydrogens is 238 g/mol. The average Bonchev–Trinajstić information content (AvgIpc) is 2.65. The number of ether oxygens (including phenoxy) is 2. The molecule has 0 aliphatic carbocycles. The van der Waals surface area contributed by atoms with E-state index in [0.29, 0.717) is 0 Å². The summed E-state index contributed by atoms with van der Waals surface area (Å²) in [6, 6.07) is 11.9. The van der Waals surface area contributed by atoms with Crippen molar-refractivity contribution >= 4 is 0 Å². The van der Waals surface area contributed by atoms with Gasteiger partial charge in [0.1, 0.15) is 0 Å². The molecule has 100 valence electrons. The van der Waals surface area contributed by atoms with Gasteiger partial charge in [-0.15, -0.1) is 0 Å². The smallest absolute Gasteiger partial charge is 0.161 e. The summed E-state index contributed by atoms with van der Waals surface area (Å²) < 4.78 is 11.0. The Bertz CT molecular complexity index is 511. The number of benzene rings is 1. The van der Waals surface area contributed by atoms with Crippen molar-refractivity contribution in [3.05, 3.63) is 53.9 Å². The van der Waals surface area contributed by atoms with Gasteiger partial charge >= 0.3 is 0 Å². The molecule has 0 atom stereocenters. The van der Waals surface area contributed by atoms with Crippen molar-refractivity contribution in [3.63, 3.8) is 0 Å². The topological polar surface area (TPSA) is 31.4 Å². The zero-order chi connectivity index (χ0) is 13.5. The van der Waals surface area contributed by atoms with E-state index in [2.05, 4.69) is 11.9 Å². The van der Waals surface area contributed by atoms with Crippen LogP contribution in [0.5, 0.6) is 11.5 Å².